The molecule has 2 heterocycles. The second-order valence-corrected chi connectivity index (χ2v) is 10.7. The molecule has 2 aromatic heterocycles. The topological polar surface area (TPSA) is 146 Å². The molecule has 0 spiro atoms. The van der Waals surface area contributed by atoms with Gasteiger partial charge in [0.1, 0.15) is 0 Å². The van der Waals surface area contributed by atoms with Gasteiger partial charge in [0.25, 0.3) is 0 Å². The molecule has 2 aromatic carbocycles. The molecule has 0 aliphatic rings. The molecule has 8 nitrogen and oxygen atoms in total. The smallest absolute Gasteiger partial charge is 0.478 e. The summed E-state index contributed by atoms with van der Waals surface area (Å²) in [5, 5.41) is 26.1. The maximum absolute atomic E-state index is 11.2. The lowest BCUT2D eigenvalue weighted by Crippen LogP contribution is -2.29. The molecule has 0 fully saturated rings. The van der Waals surface area contributed by atoms with Gasteiger partial charge in [-0.05, 0) is 77.2 Å². The van der Waals surface area contributed by atoms with Crippen molar-refractivity contribution >= 4 is 74.9 Å². The highest BCUT2D eigenvalue weighted by Crippen LogP contribution is 2.29. The summed E-state index contributed by atoms with van der Waals surface area (Å²) in [5.74, 6) is -0.795. The predicted octanol–water partition coefficient (Wildman–Crippen LogP) is 4.81. The summed E-state index contributed by atoms with van der Waals surface area (Å²) < 4.78 is 1.01. The van der Waals surface area contributed by atoms with Crippen LogP contribution in [0.2, 0.25) is 0 Å². The van der Waals surface area contributed by atoms with Crippen molar-refractivity contribution in [2.24, 2.45) is 0 Å². The molecule has 3 N–H and O–H groups in total. The number of ketones is 2. The van der Waals surface area contributed by atoms with Gasteiger partial charge in [0.15, 0.2) is 11.6 Å². The van der Waals surface area contributed by atoms with E-state index in [-0.39, 0.29) is 23.3 Å². The van der Waals surface area contributed by atoms with Crippen molar-refractivity contribution in [1.29, 1.82) is 0 Å². The normalized spacial score (nSPS) is 9.18. The van der Waals surface area contributed by atoms with Crippen molar-refractivity contribution in [2.45, 2.75) is 13.8 Å². The van der Waals surface area contributed by atoms with E-state index >= 15 is 0 Å². The second-order valence-electron chi connectivity index (χ2n) is 7.13. The molecule has 0 atom stereocenters. The monoisotopic (exact) mass is 616 g/mol. The number of rotatable bonds is 5. The Morgan fingerprint density at radius 2 is 1.34 bits per heavy atom. The van der Waals surface area contributed by atoms with Gasteiger partial charge in [0.2, 0.25) is 0 Å². The van der Waals surface area contributed by atoms with Gasteiger partial charge in [-0.25, -0.2) is 4.79 Å². The molecule has 38 heavy (non-hydrogen) atoms. The minimum atomic E-state index is -1.34. The van der Waals surface area contributed by atoms with Crippen LogP contribution in [0.5, 0.6) is 0 Å². The van der Waals surface area contributed by atoms with Crippen molar-refractivity contribution in [3.05, 3.63) is 98.0 Å². The summed E-state index contributed by atoms with van der Waals surface area (Å²) in [5.41, 5.74) is 1.60. The first kappa shape index (κ1) is 32.5. The van der Waals surface area contributed by atoms with E-state index in [0.717, 1.165) is 19.1 Å². The zero-order chi connectivity index (χ0) is 28.7. The van der Waals surface area contributed by atoms with Crippen LogP contribution in [-0.2, 0) is 9.59 Å². The maximum Gasteiger partial charge on any atom is 0.488 e. The highest BCUT2D eigenvalue weighted by Gasteiger charge is 2.09. The lowest BCUT2D eigenvalue weighted by Gasteiger charge is -1.99. The number of Topliss-reactive ketones (excluding diaryl/α,β-unsaturated/α-hetero) is 2. The van der Waals surface area contributed by atoms with E-state index in [1.54, 1.807) is 55.5 Å². The fourth-order valence-electron chi connectivity index (χ4n) is 2.62. The summed E-state index contributed by atoms with van der Waals surface area (Å²) in [6, 6.07) is 22.6. The molecule has 0 bridgehead atoms. The summed E-state index contributed by atoms with van der Waals surface area (Å²) >= 11 is 6.10. The van der Waals surface area contributed by atoms with Crippen LogP contribution in [0.4, 0.5) is 0 Å². The maximum atomic E-state index is 11.2. The van der Waals surface area contributed by atoms with Crippen molar-refractivity contribution in [3.8, 4) is 10.4 Å². The van der Waals surface area contributed by atoms with Gasteiger partial charge in [-0.15, -0.1) is 22.7 Å². The average Bonchev–Trinajstić information content (AvgIpc) is 3.56. The number of hydrogen-bond acceptors (Lipinski definition) is 9. The lowest BCUT2D eigenvalue weighted by atomic mass is 9.81. The first-order valence-electron chi connectivity index (χ1n) is 10.6. The number of carbonyl (C=O) groups is 3. The van der Waals surface area contributed by atoms with Crippen LogP contribution in [0.25, 0.3) is 10.4 Å². The van der Waals surface area contributed by atoms with Crippen LogP contribution >= 0.6 is 38.6 Å². The fraction of sp³-hybridized carbons (Fsp3) is 0.0769. The average molecular weight is 617 g/mol. The number of benzene rings is 2. The molecule has 4 aromatic rings. The summed E-state index contributed by atoms with van der Waals surface area (Å²) in [6.45, 7) is 3.08. The minimum Gasteiger partial charge on any atom is -0.478 e. The van der Waals surface area contributed by atoms with Crippen molar-refractivity contribution in [2.75, 3.05) is 0 Å². The van der Waals surface area contributed by atoms with E-state index in [1.165, 1.54) is 29.6 Å². The van der Waals surface area contributed by atoms with Gasteiger partial charge < -0.3 is 15.2 Å². The van der Waals surface area contributed by atoms with Gasteiger partial charge in [-0.2, -0.15) is 9.59 Å². The summed E-state index contributed by atoms with van der Waals surface area (Å²) in [6.07, 6.45) is 0.250. The van der Waals surface area contributed by atoms with Gasteiger partial charge in [0, 0.05) is 4.88 Å². The number of hydrogen-bond donors (Lipinski definition) is 3. The van der Waals surface area contributed by atoms with Crippen molar-refractivity contribution in [3.63, 3.8) is 0 Å². The molecule has 0 aliphatic heterocycles. The Balaban J connectivity index is 0.000000292. The number of thiophene rings is 2. The molecule has 4 rings (SSSR count). The largest absolute Gasteiger partial charge is 0.488 e. The molecule has 196 valence electrons. The summed E-state index contributed by atoms with van der Waals surface area (Å²) in [4.78, 5) is 51.3. The SMILES string of the molecule is CC(=O)c1ccc(-c2cccc(C(=O)O)c2)s1.CC(=O)c1ccc(Br)s1.O=C=O.OB(O)c1ccccc1. The fourth-order valence-corrected chi connectivity index (χ4v) is 4.80. The molecular formula is C26H22BBrO8S2. The van der Waals surface area contributed by atoms with Crippen LogP contribution in [0.15, 0.2) is 82.6 Å². The Kier molecular flexibility index (Phi) is 14.6. The number of aromatic carboxylic acids is 1. The third-order valence-corrected chi connectivity index (χ3v) is 7.32. The highest BCUT2D eigenvalue weighted by atomic mass is 79.9. The second kappa shape index (κ2) is 17.1. The zero-order valence-corrected chi connectivity index (χ0v) is 23.4. The highest BCUT2D eigenvalue weighted by molar-refractivity contribution is 9.11. The predicted molar refractivity (Wildman–Crippen MR) is 150 cm³/mol. The van der Waals surface area contributed by atoms with Crippen LogP contribution in [0, 0.1) is 0 Å². The van der Waals surface area contributed by atoms with Crippen LogP contribution in [0.1, 0.15) is 43.5 Å². The lowest BCUT2D eigenvalue weighted by molar-refractivity contribution is -0.191. The van der Waals surface area contributed by atoms with Gasteiger partial charge >= 0.3 is 19.2 Å². The Morgan fingerprint density at radius 3 is 1.74 bits per heavy atom. The van der Waals surface area contributed by atoms with Crippen LogP contribution in [-0.4, -0.2) is 46.0 Å². The Bertz CT molecular complexity index is 1380. The Morgan fingerprint density at radius 1 is 0.789 bits per heavy atom. The van der Waals surface area contributed by atoms with Crippen molar-refractivity contribution in [1.82, 2.24) is 0 Å². The van der Waals surface area contributed by atoms with Crippen LogP contribution < -0.4 is 5.46 Å². The molecule has 0 unspecified atom stereocenters. The number of carbonyl (C=O) groups excluding carboxylic acids is 4. The molecule has 0 saturated carbocycles. The van der Waals surface area contributed by atoms with Gasteiger partial charge in [-0.3, -0.25) is 9.59 Å². The third-order valence-electron chi connectivity index (χ3n) is 4.36. The quantitative estimate of drug-likeness (QED) is 0.214. The molecule has 0 aliphatic carbocycles. The van der Waals surface area contributed by atoms with E-state index in [1.807, 2.05) is 30.3 Å². The molecule has 0 amide bonds. The molecular weight excluding hydrogens is 595 g/mol. The van der Waals surface area contributed by atoms with E-state index < -0.39 is 13.1 Å². The van der Waals surface area contributed by atoms with E-state index in [2.05, 4.69) is 15.9 Å². The van der Waals surface area contributed by atoms with Crippen LogP contribution in [0.3, 0.4) is 0 Å². The standard InChI is InChI=1S/C13H10O3S.C6H7BO2.C6H5BrOS.CO2/c1-8(14)11-5-6-12(17-11)9-3-2-4-10(7-9)13(15)16;8-7(9)6-4-2-1-3-5-6;1-4(8)5-2-3-6(7)9-5;2-1-3/h2-7H,1H3,(H,15,16);1-5,8-9H;2-3H,1H3;. The van der Waals surface area contributed by atoms with Crippen molar-refractivity contribution < 1.29 is 39.1 Å². The van der Waals surface area contributed by atoms with E-state index in [0.29, 0.717) is 10.3 Å². The number of carboxylic acids is 1. The van der Waals surface area contributed by atoms with E-state index in [4.69, 9.17) is 24.7 Å². The molecule has 0 radical (unpaired) electrons. The van der Waals surface area contributed by atoms with Gasteiger partial charge in [0.05, 0.1) is 19.1 Å². The molecule has 12 heteroatoms. The first-order valence-corrected chi connectivity index (χ1v) is 13.0. The Labute approximate surface area is 235 Å². The minimum absolute atomic E-state index is 0.0237. The number of carboxylic acid groups (broad SMARTS) is 1. The Hall–Kier alpha value is -3.51. The zero-order valence-electron chi connectivity index (χ0n) is 20.2. The number of halogens is 1. The van der Waals surface area contributed by atoms with E-state index in [9.17, 15) is 14.4 Å². The summed E-state index contributed by atoms with van der Waals surface area (Å²) in [7, 11) is -1.34. The first-order chi connectivity index (χ1) is 18.0. The van der Waals surface area contributed by atoms with Gasteiger partial charge in [-0.1, -0.05) is 42.5 Å². The molecule has 0 saturated heterocycles. The third kappa shape index (κ3) is 11.7.